The Labute approximate surface area is 87.0 Å². The SMILES string of the molecule is CC1CC2(CCN1C=O)NC(=O)NC2=O. The number of carbonyl (C=O) groups is 3. The zero-order chi connectivity index (χ0) is 11.1. The summed E-state index contributed by atoms with van der Waals surface area (Å²) in [6.45, 7) is 2.37. The first-order valence-corrected chi connectivity index (χ1v) is 4.92. The Balaban J connectivity index is 2.16. The quantitative estimate of drug-likeness (QED) is 0.440. The number of urea groups is 1. The van der Waals surface area contributed by atoms with Gasteiger partial charge in [-0.25, -0.2) is 4.79 Å². The van der Waals surface area contributed by atoms with Crippen molar-refractivity contribution in [1.82, 2.24) is 15.5 Å². The molecule has 2 rings (SSSR count). The molecule has 0 aromatic carbocycles. The van der Waals surface area contributed by atoms with Crippen LogP contribution in [0.4, 0.5) is 4.79 Å². The fourth-order valence-electron chi connectivity index (χ4n) is 2.27. The number of nitrogens with zero attached hydrogens (tertiary/aromatic N) is 1. The van der Waals surface area contributed by atoms with Crippen molar-refractivity contribution in [3.8, 4) is 0 Å². The van der Waals surface area contributed by atoms with Gasteiger partial charge >= 0.3 is 6.03 Å². The van der Waals surface area contributed by atoms with E-state index in [1.807, 2.05) is 6.92 Å². The molecule has 0 saturated carbocycles. The minimum absolute atomic E-state index is 0.0274. The Bertz CT molecular complexity index is 331. The molecule has 2 heterocycles. The van der Waals surface area contributed by atoms with Crippen LogP contribution in [-0.2, 0) is 9.59 Å². The van der Waals surface area contributed by atoms with Crippen LogP contribution in [0.3, 0.4) is 0 Å². The summed E-state index contributed by atoms with van der Waals surface area (Å²) in [5.41, 5.74) is -0.796. The average Bonchev–Trinajstić information content (AvgIpc) is 2.42. The van der Waals surface area contributed by atoms with Gasteiger partial charge in [-0.15, -0.1) is 0 Å². The lowest BCUT2D eigenvalue weighted by molar-refractivity contribution is -0.130. The molecule has 2 fully saturated rings. The maximum atomic E-state index is 11.6. The summed E-state index contributed by atoms with van der Waals surface area (Å²) in [5, 5.41) is 4.89. The highest BCUT2D eigenvalue weighted by Crippen LogP contribution is 2.28. The van der Waals surface area contributed by atoms with Gasteiger partial charge in [0.2, 0.25) is 6.41 Å². The molecule has 2 unspecified atom stereocenters. The maximum absolute atomic E-state index is 11.6. The number of hydrogen-bond acceptors (Lipinski definition) is 3. The van der Waals surface area contributed by atoms with Gasteiger partial charge in [0.1, 0.15) is 5.54 Å². The van der Waals surface area contributed by atoms with Gasteiger partial charge in [-0.3, -0.25) is 14.9 Å². The predicted molar refractivity (Wildman–Crippen MR) is 50.9 cm³/mol. The molecular weight excluding hydrogens is 198 g/mol. The van der Waals surface area contributed by atoms with E-state index in [1.165, 1.54) is 0 Å². The molecule has 0 bridgehead atoms. The third-order valence-corrected chi connectivity index (χ3v) is 3.16. The summed E-state index contributed by atoms with van der Waals surface area (Å²) in [7, 11) is 0. The van der Waals surface area contributed by atoms with Gasteiger partial charge in [-0.05, 0) is 19.8 Å². The standard InChI is InChI=1S/C9H13N3O3/c1-6-4-9(2-3-12(6)5-13)7(14)10-8(15)11-9/h5-6H,2-4H2,1H3,(H2,10,11,14,15). The number of amides is 4. The molecule has 82 valence electrons. The molecule has 2 aliphatic rings. The fraction of sp³-hybridized carbons (Fsp3) is 0.667. The molecule has 2 N–H and O–H groups in total. The number of piperidine rings is 1. The van der Waals surface area contributed by atoms with Crippen molar-refractivity contribution < 1.29 is 14.4 Å². The molecule has 0 aromatic heterocycles. The second kappa shape index (κ2) is 3.22. The summed E-state index contributed by atoms with van der Waals surface area (Å²) in [6.07, 6.45) is 1.74. The summed E-state index contributed by atoms with van der Waals surface area (Å²) in [6, 6.07) is -0.466. The van der Waals surface area contributed by atoms with Crippen molar-refractivity contribution in [2.24, 2.45) is 0 Å². The van der Waals surface area contributed by atoms with E-state index in [0.29, 0.717) is 19.4 Å². The minimum Gasteiger partial charge on any atom is -0.342 e. The number of nitrogens with one attached hydrogen (secondary N) is 2. The van der Waals surface area contributed by atoms with E-state index in [9.17, 15) is 14.4 Å². The van der Waals surface area contributed by atoms with E-state index >= 15 is 0 Å². The summed E-state index contributed by atoms with van der Waals surface area (Å²) in [5.74, 6) is -0.273. The number of likely N-dealkylation sites (tertiary alicyclic amines) is 1. The van der Waals surface area contributed by atoms with Crippen molar-refractivity contribution in [3.05, 3.63) is 0 Å². The average molecular weight is 211 g/mol. The van der Waals surface area contributed by atoms with E-state index in [4.69, 9.17) is 0 Å². The molecule has 6 nitrogen and oxygen atoms in total. The van der Waals surface area contributed by atoms with Crippen LogP contribution in [0.15, 0.2) is 0 Å². The molecule has 4 amide bonds. The number of carbonyl (C=O) groups excluding carboxylic acids is 3. The van der Waals surface area contributed by atoms with Gasteiger partial charge < -0.3 is 10.2 Å². The Morgan fingerprint density at radius 2 is 2.27 bits per heavy atom. The third kappa shape index (κ3) is 1.45. The fourth-order valence-corrected chi connectivity index (χ4v) is 2.27. The largest absolute Gasteiger partial charge is 0.342 e. The number of imide groups is 1. The third-order valence-electron chi connectivity index (χ3n) is 3.16. The van der Waals surface area contributed by atoms with Crippen molar-refractivity contribution >= 4 is 18.3 Å². The molecule has 2 atom stereocenters. The molecule has 1 spiro atoms. The second-order valence-electron chi connectivity index (χ2n) is 4.14. The Morgan fingerprint density at radius 3 is 2.73 bits per heavy atom. The molecule has 6 heteroatoms. The van der Waals surface area contributed by atoms with Gasteiger partial charge in [0.05, 0.1) is 0 Å². The molecule has 0 radical (unpaired) electrons. The maximum Gasteiger partial charge on any atom is 0.322 e. The van der Waals surface area contributed by atoms with E-state index in [0.717, 1.165) is 6.41 Å². The van der Waals surface area contributed by atoms with Gasteiger partial charge in [-0.2, -0.15) is 0 Å². The van der Waals surface area contributed by atoms with Crippen LogP contribution < -0.4 is 10.6 Å². The van der Waals surface area contributed by atoms with Crippen LogP contribution in [0.1, 0.15) is 19.8 Å². The first-order valence-electron chi connectivity index (χ1n) is 4.92. The summed E-state index contributed by atoms with van der Waals surface area (Å²) < 4.78 is 0. The predicted octanol–water partition coefficient (Wildman–Crippen LogP) is -0.795. The molecule has 0 aromatic rings. The van der Waals surface area contributed by atoms with E-state index in [1.54, 1.807) is 4.90 Å². The molecule has 2 aliphatic heterocycles. The number of hydrogen-bond donors (Lipinski definition) is 2. The molecule has 0 aliphatic carbocycles. The highest BCUT2D eigenvalue weighted by Gasteiger charge is 2.49. The zero-order valence-electron chi connectivity index (χ0n) is 8.45. The van der Waals surface area contributed by atoms with Crippen molar-refractivity contribution in [3.63, 3.8) is 0 Å². The van der Waals surface area contributed by atoms with Crippen molar-refractivity contribution in [2.75, 3.05) is 6.54 Å². The molecular formula is C9H13N3O3. The first kappa shape index (κ1) is 9.95. The topological polar surface area (TPSA) is 78.5 Å². The second-order valence-corrected chi connectivity index (χ2v) is 4.14. The van der Waals surface area contributed by atoms with Gasteiger partial charge in [-0.1, -0.05) is 0 Å². The zero-order valence-corrected chi connectivity index (χ0v) is 8.45. The van der Waals surface area contributed by atoms with Crippen LogP contribution in [0.25, 0.3) is 0 Å². The van der Waals surface area contributed by atoms with Crippen molar-refractivity contribution in [1.29, 1.82) is 0 Å². The normalized spacial score (nSPS) is 35.3. The Kier molecular flexibility index (Phi) is 2.13. The monoisotopic (exact) mass is 211 g/mol. The highest BCUT2D eigenvalue weighted by atomic mass is 16.2. The first-order chi connectivity index (χ1) is 7.07. The Hall–Kier alpha value is -1.59. The minimum atomic E-state index is -0.796. The van der Waals surface area contributed by atoms with Crippen LogP contribution in [-0.4, -0.2) is 41.4 Å². The lowest BCUT2D eigenvalue weighted by atomic mass is 9.84. The molecule has 15 heavy (non-hydrogen) atoms. The van der Waals surface area contributed by atoms with E-state index in [2.05, 4.69) is 10.6 Å². The number of rotatable bonds is 1. The van der Waals surface area contributed by atoms with E-state index < -0.39 is 11.6 Å². The molecule has 2 saturated heterocycles. The smallest absolute Gasteiger partial charge is 0.322 e. The van der Waals surface area contributed by atoms with Crippen LogP contribution in [0.2, 0.25) is 0 Å². The van der Waals surface area contributed by atoms with Gasteiger partial charge in [0.15, 0.2) is 0 Å². The van der Waals surface area contributed by atoms with E-state index in [-0.39, 0.29) is 11.9 Å². The van der Waals surface area contributed by atoms with Crippen molar-refractivity contribution in [2.45, 2.75) is 31.3 Å². The van der Waals surface area contributed by atoms with Crippen LogP contribution in [0.5, 0.6) is 0 Å². The van der Waals surface area contributed by atoms with Crippen LogP contribution >= 0.6 is 0 Å². The lowest BCUT2D eigenvalue weighted by Gasteiger charge is -2.39. The van der Waals surface area contributed by atoms with Crippen LogP contribution in [0, 0.1) is 0 Å². The Morgan fingerprint density at radius 1 is 1.53 bits per heavy atom. The summed E-state index contributed by atoms with van der Waals surface area (Å²) in [4.78, 5) is 35.0. The lowest BCUT2D eigenvalue weighted by Crippen LogP contribution is -2.57. The highest BCUT2D eigenvalue weighted by molar-refractivity contribution is 6.07. The van der Waals surface area contributed by atoms with Gasteiger partial charge in [0.25, 0.3) is 5.91 Å². The van der Waals surface area contributed by atoms with Gasteiger partial charge in [0, 0.05) is 12.6 Å². The summed E-state index contributed by atoms with van der Waals surface area (Å²) >= 11 is 0.